The van der Waals surface area contributed by atoms with Gasteiger partial charge in [0.15, 0.2) is 0 Å². The zero-order chi connectivity index (χ0) is 22.1. The molecule has 4 N–H and O–H groups in total. The first-order valence-corrected chi connectivity index (χ1v) is 10.9. The fourth-order valence-electron chi connectivity index (χ4n) is 4.31. The number of benzene rings is 1. The highest BCUT2D eigenvalue weighted by Gasteiger charge is 2.18. The number of piperidine rings is 1. The van der Waals surface area contributed by atoms with Crippen molar-refractivity contribution in [3.05, 3.63) is 76.8 Å². The quantitative estimate of drug-likeness (QED) is 0.454. The van der Waals surface area contributed by atoms with E-state index >= 15 is 0 Å². The lowest BCUT2D eigenvalue weighted by Crippen LogP contribution is -2.29. The second-order valence-electron chi connectivity index (χ2n) is 8.43. The number of rotatable bonds is 4. The number of hydrogen-bond acceptors (Lipinski definition) is 6. The Morgan fingerprint density at radius 1 is 1.06 bits per heavy atom. The van der Waals surface area contributed by atoms with Gasteiger partial charge in [0.05, 0.1) is 28.7 Å². The standard InChI is InChI=1S/C25H26N6O/c1-31-12-9-17(10-13-31)16-2-5-20(6-3-16)29-24-23-18(8-11-27-25(23)32)14-22(30-24)21-7-4-19(26)15-28-21/h2-8,11,14-15,17H,9-10,12-13,26H2,1H3,(H,27,32)(H,29,30). The Morgan fingerprint density at radius 2 is 1.84 bits per heavy atom. The number of pyridine rings is 3. The molecular formula is C25H26N6O. The monoisotopic (exact) mass is 426 g/mol. The van der Waals surface area contributed by atoms with Gasteiger partial charge in [-0.2, -0.15) is 0 Å². The Kier molecular flexibility index (Phi) is 5.33. The molecule has 0 unspecified atom stereocenters. The number of likely N-dealkylation sites (tertiary alicyclic amines) is 1. The van der Waals surface area contributed by atoms with Crippen LogP contribution in [0.25, 0.3) is 22.2 Å². The molecule has 0 spiro atoms. The van der Waals surface area contributed by atoms with Crippen molar-refractivity contribution in [3.63, 3.8) is 0 Å². The molecule has 3 aromatic heterocycles. The lowest BCUT2D eigenvalue weighted by atomic mass is 9.89. The highest BCUT2D eigenvalue weighted by atomic mass is 16.1. The summed E-state index contributed by atoms with van der Waals surface area (Å²) in [5.74, 6) is 1.10. The molecule has 0 bridgehead atoms. The lowest BCUT2D eigenvalue weighted by molar-refractivity contribution is 0.255. The Balaban J connectivity index is 1.49. The number of nitrogen functional groups attached to an aromatic ring is 1. The third-order valence-corrected chi connectivity index (χ3v) is 6.17. The first kappa shape index (κ1) is 20.2. The SMILES string of the molecule is CN1CCC(c2ccc(Nc3nc(-c4ccc(N)cn4)cc4cc[nH]c(=O)c34)cc2)CC1. The summed E-state index contributed by atoms with van der Waals surface area (Å²) in [6.45, 7) is 2.27. The van der Waals surface area contributed by atoms with Crippen LogP contribution in [0.5, 0.6) is 0 Å². The highest BCUT2D eigenvalue weighted by Crippen LogP contribution is 2.30. The summed E-state index contributed by atoms with van der Waals surface area (Å²) in [4.78, 5) is 26.9. The first-order valence-electron chi connectivity index (χ1n) is 10.9. The van der Waals surface area contributed by atoms with Crippen LogP contribution in [0.1, 0.15) is 24.3 Å². The molecule has 1 aliphatic heterocycles. The Morgan fingerprint density at radius 3 is 2.56 bits per heavy atom. The molecule has 1 fully saturated rings. The van der Waals surface area contributed by atoms with E-state index in [0.717, 1.165) is 24.2 Å². The largest absolute Gasteiger partial charge is 0.397 e. The molecule has 7 nitrogen and oxygen atoms in total. The Hall–Kier alpha value is -3.71. The Labute approximate surface area is 186 Å². The molecule has 4 aromatic rings. The number of aromatic amines is 1. The van der Waals surface area contributed by atoms with E-state index in [9.17, 15) is 4.79 Å². The number of fused-ring (bicyclic) bond motifs is 1. The van der Waals surface area contributed by atoms with Gasteiger partial charge in [-0.1, -0.05) is 12.1 Å². The fourth-order valence-corrected chi connectivity index (χ4v) is 4.31. The summed E-state index contributed by atoms with van der Waals surface area (Å²) in [6.07, 6.45) is 5.61. The van der Waals surface area contributed by atoms with Crippen LogP contribution in [-0.4, -0.2) is 40.0 Å². The Bertz CT molecular complexity index is 1290. The van der Waals surface area contributed by atoms with Gasteiger partial charge in [0, 0.05) is 11.9 Å². The fraction of sp³-hybridized carbons (Fsp3) is 0.240. The predicted octanol–water partition coefficient (Wildman–Crippen LogP) is 4.12. The van der Waals surface area contributed by atoms with Crippen LogP contribution in [0, 0.1) is 0 Å². The number of nitrogens with one attached hydrogen (secondary N) is 2. The molecule has 0 atom stereocenters. The van der Waals surface area contributed by atoms with Gasteiger partial charge in [0.2, 0.25) is 0 Å². The van der Waals surface area contributed by atoms with Crippen molar-refractivity contribution in [1.82, 2.24) is 19.9 Å². The van der Waals surface area contributed by atoms with Crippen LogP contribution >= 0.6 is 0 Å². The lowest BCUT2D eigenvalue weighted by Gasteiger charge is -2.29. The van der Waals surface area contributed by atoms with E-state index in [4.69, 9.17) is 10.7 Å². The molecule has 0 amide bonds. The summed E-state index contributed by atoms with van der Waals surface area (Å²) in [7, 11) is 2.18. The number of anilines is 3. The van der Waals surface area contributed by atoms with Crippen LogP contribution in [-0.2, 0) is 0 Å². The summed E-state index contributed by atoms with van der Waals surface area (Å²) >= 11 is 0. The topological polar surface area (TPSA) is 99.9 Å². The zero-order valence-electron chi connectivity index (χ0n) is 18.0. The minimum Gasteiger partial charge on any atom is -0.397 e. The molecule has 1 saturated heterocycles. The van der Waals surface area contributed by atoms with Gasteiger partial charge in [-0.05, 0) is 86.2 Å². The molecule has 1 aromatic carbocycles. The van der Waals surface area contributed by atoms with Crippen molar-refractivity contribution in [2.75, 3.05) is 31.2 Å². The maximum atomic E-state index is 12.6. The van der Waals surface area contributed by atoms with Crippen molar-refractivity contribution < 1.29 is 0 Å². The molecule has 0 radical (unpaired) electrons. The van der Waals surface area contributed by atoms with Crippen molar-refractivity contribution in [2.24, 2.45) is 0 Å². The number of hydrogen-bond donors (Lipinski definition) is 3. The average molecular weight is 427 g/mol. The van der Waals surface area contributed by atoms with Crippen molar-refractivity contribution in [3.8, 4) is 11.4 Å². The van der Waals surface area contributed by atoms with Crippen LogP contribution in [0.3, 0.4) is 0 Å². The molecule has 32 heavy (non-hydrogen) atoms. The van der Waals surface area contributed by atoms with E-state index in [0.29, 0.717) is 34.2 Å². The molecule has 7 heteroatoms. The highest BCUT2D eigenvalue weighted by molar-refractivity contribution is 5.94. The first-order chi connectivity index (χ1) is 15.6. The summed E-state index contributed by atoms with van der Waals surface area (Å²) in [5, 5.41) is 4.67. The molecule has 162 valence electrons. The average Bonchev–Trinajstić information content (AvgIpc) is 2.80. The smallest absolute Gasteiger partial charge is 0.259 e. The molecule has 0 aliphatic carbocycles. The molecular weight excluding hydrogens is 400 g/mol. The van der Waals surface area contributed by atoms with Crippen LogP contribution < -0.4 is 16.6 Å². The van der Waals surface area contributed by atoms with Gasteiger partial charge in [-0.25, -0.2) is 4.98 Å². The van der Waals surface area contributed by atoms with E-state index < -0.39 is 0 Å². The second kappa shape index (κ2) is 8.43. The van der Waals surface area contributed by atoms with Crippen LogP contribution in [0.2, 0.25) is 0 Å². The molecule has 1 aliphatic rings. The number of H-pyrrole nitrogens is 1. The normalized spacial score (nSPS) is 15.2. The number of nitrogens with zero attached hydrogens (tertiary/aromatic N) is 3. The number of aromatic nitrogens is 3. The predicted molar refractivity (Wildman–Crippen MR) is 129 cm³/mol. The molecule has 4 heterocycles. The summed E-state index contributed by atoms with van der Waals surface area (Å²) < 4.78 is 0. The van der Waals surface area contributed by atoms with Crippen molar-refractivity contribution in [1.29, 1.82) is 0 Å². The van der Waals surface area contributed by atoms with Crippen LogP contribution in [0.4, 0.5) is 17.2 Å². The third kappa shape index (κ3) is 4.07. The van der Waals surface area contributed by atoms with Crippen molar-refractivity contribution >= 4 is 28.0 Å². The molecule has 0 saturated carbocycles. The van der Waals surface area contributed by atoms with Gasteiger partial charge in [0.25, 0.3) is 5.56 Å². The second-order valence-corrected chi connectivity index (χ2v) is 8.43. The zero-order valence-corrected chi connectivity index (χ0v) is 18.0. The van der Waals surface area contributed by atoms with Gasteiger partial charge in [-0.15, -0.1) is 0 Å². The van der Waals surface area contributed by atoms with Crippen molar-refractivity contribution in [2.45, 2.75) is 18.8 Å². The number of nitrogens with two attached hydrogens (primary N) is 1. The summed E-state index contributed by atoms with van der Waals surface area (Å²) in [6, 6.07) is 15.8. The van der Waals surface area contributed by atoms with E-state index in [1.807, 2.05) is 18.2 Å². The van der Waals surface area contributed by atoms with Gasteiger partial charge in [0.1, 0.15) is 5.82 Å². The third-order valence-electron chi connectivity index (χ3n) is 6.17. The minimum absolute atomic E-state index is 0.183. The molecule has 5 rings (SSSR count). The van der Waals surface area contributed by atoms with E-state index in [2.05, 4.69) is 51.5 Å². The maximum Gasteiger partial charge on any atom is 0.259 e. The van der Waals surface area contributed by atoms with Crippen LogP contribution in [0.15, 0.2) is 65.7 Å². The minimum atomic E-state index is -0.183. The van der Waals surface area contributed by atoms with Gasteiger partial charge < -0.3 is 20.9 Å². The summed E-state index contributed by atoms with van der Waals surface area (Å²) in [5.41, 5.74) is 9.81. The van der Waals surface area contributed by atoms with E-state index in [1.165, 1.54) is 18.4 Å². The van der Waals surface area contributed by atoms with E-state index in [-0.39, 0.29) is 5.56 Å². The van der Waals surface area contributed by atoms with Gasteiger partial charge in [-0.3, -0.25) is 9.78 Å². The van der Waals surface area contributed by atoms with Gasteiger partial charge >= 0.3 is 0 Å². The van der Waals surface area contributed by atoms with E-state index in [1.54, 1.807) is 18.5 Å². The maximum absolute atomic E-state index is 12.6.